The quantitative estimate of drug-likeness (QED) is 0.831. The molecule has 0 unspecified atom stereocenters. The fourth-order valence-electron chi connectivity index (χ4n) is 2.25. The van der Waals surface area contributed by atoms with Crippen LogP contribution >= 0.6 is 11.8 Å². The Labute approximate surface area is 115 Å². The Hall–Kier alpha value is -0.910. The summed E-state index contributed by atoms with van der Waals surface area (Å²) in [5.74, 6) is 1.75. The van der Waals surface area contributed by atoms with Gasteiger partial charge in [-0.05, 0) is 30.9 Å². The molecule has 2 nitrogen and oxygen atoms in total. The predicted octanol–water partition coefficient (Wildman–Crippen LogP) is 4.42. The van der Waals surface area contributed by atoms with Gasteiger partial charge in [0.1, 0.15) is 5.82 Å². The second kappa shape index (κ2) is 6.03. The number of halogens is 3. The van der Waals surface area contributed by atoms with Crippen LogP contribution in [0.1, 0.15) is 31.2 Å². The molecule has 1 aromatic heterocycles. The van der Waals surface area contributed by atoms with Gasteiger partial charge >= 0.3 is 6.18 Å². The van der Waals surface area contributed by atoms with Gasteiger partial charge < -0.3 is 5.32 Å². The minimum Gasteiger partial charge on any atom is -0.373 e. The first-order chi connectivity index (χ1) is 8.99. The first-order valence-corrected chi connectivity index (χ1v) is 7.37. The molecule has 0 amide bonds. The molecule has 1 aliphatic rings. The van der Waals surface area contributed by atoms with Gasteiger partial charge in [0, 0.05) is 12.8 Å². The van der Waals surface area contributed by atoms with E-state index in [-0.39, 0.29) is 5.82 Å². The smallest absolute Gasteiger partial charge is 0.373 e. The second-order valence-electron chi connectivity index (χ2n) is 4.79. The van der Waals surface area contributed by atoms with Crippen molar-refractivity contribution in [3.8, 4) is 0 Å². The zero-order chi connectivity index (χ0) is 13.9. The van der Waals surface area contributed by atoms with Crippen molar-refractivity contribution < 1.29 is 13.2 Å². The average molecular weight is 290 g/mol. The van der Waals surface area contributed by atoms with Crippen molar-refractivity contribution in [2.24, 2.45) is 5.92 Å². The molecule has 1 heterocycles. The average Bonchev–Trinajstić information content (AvgIpc) is 2.88. The van der Waals surface area contributed by atoms with E-state index in [0.717, 1.165) is 17.9 Å². The molecular formula is C13H17F3N2S. The summed E-state index contributed by atoms with van der Waals surface area (Å²) in [6, 6.07) is 2.18. The van der Waals surface area contributed by atoms with Crippen LogP contribution in [0.3, 0.4) is 0 Å². The van der Waals surface area contributed by atoms with Crippen LogP contribution in [-0.2, 0) is 6.18 Å². The number of hydrogen-bond donors (Lipinski definition) is 1. The van der Waals surface area contributed by atoms with Gasteiger partial charge in [-0.2, -0.15) is 13.2 Å². The van der Waals surface area contributed by atoms with E-state index in [9.17, 15) is 13.2 Å². The van der Waals surface area contributed by atoms with Gasteiger partial charge in [0.2, 0.25) is 0 Å². The summed E-state index contributed by atoms with van der Waals surface area (Å²) < 4.78 is 38.3. The Balaban J connectivity index is 2.10. The maximum absolute atomic E-state index is 12.8. The number of nitrogens with zero attached hydrogens (tertiary/aromatic N) is 1. The highest BCUT2D eigenvalue weighted by molar-refractivity contribution is 7.99. The molecule has 0 atom stereocenters. The highest BCUT2D eigenvalue weighted by Gasteiger charge is 2.31. The molecule has 1 aromatic rings. The van der Waals surface area contributed by atoms with Gasteiger partial charge in [-0.3, -0.25) is 0 Å². The fraction of sp³-hybridized carbons (Fsp3) is 0.615. The molecule has 0 radical (unpaired) electrons. The molecule has 6 heteroatoms. The largest absolute Gasteiger partial charge is 0.416 e. The minimum atomic E-state index is -4.32. The van der Waals surface area contributed by atoms with E-state index in [1.165, 1.54) is 37.4 Å². The summed E-state index contributed by atoms with van der Waals surface area (Å²) in [5, 5.41) is 3.13. The maximum Gasteiger partial charge on any atom is 0.416 e. The zero-order valence-electron chi connectivity index (χ0n) is 10.8. The highest BCUT2D eigenvalue weighted by atomic mass is 32.2. The molecule has 0 bridgehead atoms. The molecule has 19 heavy (non-hydrogen) atoms. The Morgan fingerprint density at radius 3 is 2.58 bits per heavy atom. The van der Waals surface area contributed by atoms with Crippen LogP contribution in [0.15, 0.2) is 17.2 Å². The van der Waals surface area contributed by atoms with Crippen LogP contribution in [0.4, 0.5) is 19.0 Å². The van der Waals surface area contributed by atoms with E-state index >= 15 is 0 Å². The third-order valence-corrected chi connectivity index (χ3v) is 4.47. The van der Waals surface area contributed by atoms with Crippen molar-refractivity contribution in [1.82, 2.24) is 4.98 Å². The summed E-state index contributed by atoms with van der Waals surface area (Å²) in [6.07, 6.45) is 0.527. The van der Waals surface area contributed by atoms with Crippen molar-refractivity contribution in [1.29, 1.82) is 0 Å². The lowest BCUT2D eigenvalue weighted by molar-refractivity contribution is -0.137. The summed E-state index contributed by atoms with van der Waals surface area (Å²) in [7, 11) is 1.58. The number of pyridine rings is 1. The molecule has 1 aliphatic carbocycles. The molecular weight excluding hydrogens is 273 g/mol. The summed E-state index contributed by atoms with van der Waals surface area (Å²) in [4.78, 5) is 4.18. The molecule has 0 spiro atoms. The lowest BCUT2D eigenvalue weighted by Crippen LogP contribution is -2.07. The number of alkyl halides is 3. The molecule has 0 saturated heterocycles. The Bertz CT molecular complexity index is 428. The van der Waals surface area contributed by atoms with Crippen LogP contribution in [-0.4, -0.2) is 17.8 Å². The van der Waals surface area contributed by atoms with Crippen molar-refractivity contribution >= 4 is 17.6 Å². The van der Waals surface area contributed by atoms with Gasteiger partial charge in [-0.25, -0.2) is 4.98 Å². The number of aromatic nitrogens is 1. The van der Waals surface area contributed by atoms with Gasteiger partial charge in [0.05, 0.1) is 10.6 Å². The van der Waals surface area contributed by atoms with Crippen molar-refractivity contribution in [2.45, 2.75) is 36.9 Å². The van der Waals surface area contributed by atoms with Gasteiger partial charge in [-0.15, -0.1) is 11.8 Å². The van der Waals surface area contributed by atoms with Gasteiger partial charge in [0.25, 0.3) is 0 Å². The summed E-state index contributed by atoms with van der Waals surface area (Å²) >= 11 is 1.43. The van der Waals surface area contributed by atoms with E-state index < -0.39 is 11.7 Å². The Kier molecular flexibility index (Phi) is 4.60. The molecule has 1 fully saturated rings. The molecule has 0 aliphatic heterocycles. The summed E-state index contributed by atoms with van der Waals surface area (Å²) in [6.45, 7) is 0. The van der Waals surface area contributed by atoms with Crippen molar-refractivity contribution in [2.75, 3.05) is 18.1 Å². The number of anilines is 1. The summed E-state index contributed by atoms with van der Waals surface area (Å²) in [5.41, 5.74) is -0.638. The minimum absolute atomic E-state index is 0.267. The van der Waals surface area contributed by atoms with E-state index in [1.807, 2.05) is 0 Å². The SMILES string of the molecule is CNc1cc(C(F)(F)F)cc(SCC2CCCC2)n1. The number of hydrogen-bond acceptors (Lipinski definition) is 3. The Morgan fingerprint density at radius 2 is 2.00 bits per heavy atom. The highest BCUT2D eigenvalue weighted by Crippen LogP contribution is 2.35. The Morgan fingerprint density at radius 1 is 1.32 bits per heavy atom. The van der Waals surface area contributed by atoms with E-state index in [2.05, 4.69) is 10.3 Å². The third-order valence-electron chi connectivity index (χ3n) is 3.33. The lowest BCUT2D eigenvalue weighted by Gasteiger charge is -2.12. The molecule has 0 aromatic carbocycles. The van der Waals surface area contributed by atoms with E-state index in [0.29, 0.717) is 10.9 Å². The molecule has 1 saturated carbocycles. The zero-order valence-corrected chi connectivity index (χ0v) is 11.6. The fourth-order valence-corrected chi connectivity index (χ4v) is 3.36. The van der Waals surface area contributed by atoms with Crippen LogP contribution in [0.5, 0.6) is 0 Å². The third kappa shape index (κ3) is 4.03. The molecule has 1 N–H and O–H groups in total. The second-order valence-corrected chi connectivity index (χ2v) is 5.83. The first kappa shape index (κ1) is 14.5. The van der Waals surface area contributed by atoms with Crippen LogP contribution in [0, 0.1) is 5.92 Å². The normalized spacial score (nSPS) is 16.8. The molecule has 2 rings (SSSR count). The van der Waals surface area contributed by atoms with E-state index in [1.54, 1.807) is 7.05 Å². The number of thioether (sulfide) groups is 1. The van der Waals surface area contributed by atoms with Gasteiger partial charge in [0.15, 0.2) is 0 Å². The predicted molar refractivity (Wildman–Crippen MR) is 71.5 cm³/mol. The van der Waals surface area contributed by atoms with Crippen molar-refractivity contribution in [3.05, 3.63) is 17.7 Å². The number of nitrogens with one attached hydrogen (secondary N) is 1. The number of rotatable bonds is 4. The van der Waals surface area contributed by atoms with Crippen LogP contribution in [0.2, 0.25) is 0 Å². The van der Waals surface area contributed by atoms with Gasteiger partial charge in [-0.1, -0.05) is 12.8 Å². The van der Waals surface area contributed by atoms with Crippen LogP contribution in [0.25, 0.3) is 0 Å². The van der Waals surface area contributed by atoms with Crippen LogP contribution < -0.4 is 5.32 Å². The maximum atomic E-state index is 12.8. The lowest BCUT2D eigenvalue weighted by atomic mass is 10.1. The topological polar surface area (TPSA) is 24.9 Å². The van der Waals surface area contributed by atoms with E-state index in [4.69, 9.17) is 0 Å². The monoisotopic (exact) mass is 290 g/mol. The first-order valence-electron chi connectivity index (χ1n) is 6.39. The standard InChI is InChI=1S/C13H17F3N2S/c1-17-11-6-10(13(14,15)16)7-12(18-11)19-8-9-4-2-3-5-9/h6-7,9H,2-5,8H2,1H3,(H,17,18). The van der Waals surface area contributed by atoms with Crippen molar-refractivity contribution in [3.63, 3.8) is 0 Å². The molecule has 106 valence electrons.